The summed E-state index contributed by atoms with van der Waals surface area (Å²) >= 11 is 15.0. The van der Waals surface area contributed by atoms with Gasteiger partial charge >= 0.3 is 0 Å². The van der Waals surface area contributed by atoms with Crippen molar-refractivity contribution in [3.63, 3.8) is 0 Å². The fourth-order valence-corrected chi connectivity index (χ4v) is 2.13. The van der Waals surface area contributed by atoms with E-state index in [1.807, 2.05) is 12.1 Å². The number of nitrogens with zero attached hydrogens (tertiary/aromatic N) is 1. The first-order valence-electron chi connectivity index (χ1n) is 3.83. The maximum Gasteiger partial charge on any atom is 0.139 e. The lowest BCUT2D eigenvalue weighted by atomic mass is 10.2. The van der Waals surface area contributed by atoms with Crippen LogP contribution in [0.25, 0.3) is 11.4 Å². The van der Waals surface area contributed by atoms with Crippen molar-refractivity contribution in [2.75, 3.05) is 0 Å². The first-order valence-corrected chi connectivity index (χ1v) is 5.37. The molecule has 1 aromatic carbocycles. The predicted molar refractivity (Wildman–Crippen MR) is 61.7 cm³/mol. The summed E-state index contributed by atoms with van der Waals surface area (Å²) in [5.74, 6) is 0.721. The second kappa shape index (κ2) is 3.93. The molecule has 0 aliphatic carbocycles. The van der Waals surface area contributed by atoms with Crippen molar-refractivity contribution in [1.82, 2.24) is 9.97 Å². The van der Waals surface area contributed by atoms with Gasteiger partial charge in [-0.1, -0.05) is 23.2 Å². The minimum absolute atomic E-state index is 0.516. The van der Waals surface area contributed by atoms with Gasteiger partial charge in [-0.3, -0.25) is 0 Å². The summed E-state index contributed by atoms with van der Waals surface area (Å²) in [7, 11) is 0. The molecule has 14 heavy (non-hydrogen) atoms. The molecule has 1 aromatic heterocycles. The summed E-state index contributed by atoms with van der Waals surface area (Å²) in [6, 6.07) is 5.49. The molecule has 0 aliphatic rings. The molecule has 5 heteroatoms. The van der Waals surface area contributed by atoms with Gasteiger partial charge in [0.1, 0.15) is 11.0 Å². The van der Waals surface area contributed by atoms with Gasteiger partial charge in [-0.05, 0) is 34.1 Å². The molecule has 0 spiro atoms. The van der Waals surface area contributed by atoms with E-state index in [0.29, 0.717) is 10.2 Å². The van der Waals surface area contributed by atoms with E-state index in [9.17, 15) is 0 Å². The van der Waals surface area contributed by atoms with E-state index in [4.69, 9.17) is 23.2 Å². The summed E-state index contributed by atoms with van der Waals surface area (Å²) < 4.78 is 0.885. The fourth-order valence-electron chi connectivity index (χ4n) is 1.12. The van der Waals surface area contributed by atoms with Gasteiger partial charge in [0.25, 0.3) is 0 Å². The van der Waals surface area contributed by atoms with Crippen LogP contribution in [0.5, 0.6) is 0 Å². The summed E-state index contributed by atoms with van der Waals surface area (Å²) in [5, 5.41) is 1.19. The number of aromatic amines is 1. The highest BCUT2D eigenvalue weighted by Gasteiger charge is 2.06. The third-order valence-electron chi connectivity index (χ3n) is 1.73. The van der Waals surface area contributed by atoms with Gasteiger partial charge in [-0.25, -0.2) is 4.98 Å². The summed E-state index contributed by atoms with van der Waals surface area (Å²) in [6.45, 7) is 0. The van der Waals surface area contributed by atoms with Gasteiger partial charge in [0, 0.05) is 15.1 Å². The number of halogens is 3. The molecule has 0 fully saturated rings. The Morgan fingerprint density at radius 3 is 2.64 bits per heavy atom. The van der Waals surface area contributed by atoms with Crippen molar-refractivity contribution >= 4 is 39.1 Å². The first-order chi connectivity index (χ1) is 6.66. The van der Waals surface area contributed by atoms with Gasteiger partial charge in [0.05, 0.1) is 6.20 Å². The zero-order valence-electron chi connectivity index (χ0n) is 6.89. The van der Waals surface area contributed by atoms with E-state index in [1.165, 1.54) is 0 Å². The maximum atomic E-state index is 5.82. The molecule has 0 unspecified atom stereocenters. The largest absolute Gasteiger partial charge is 0.329 e. The van der Waals surface area contributed by atoms with E-state index in [0.717, 1.165) is 15.9 Å². The van der Waals surface area contributed by atoms with Crippen LogP contribution in [0.3, 0.4) is 0 Å². The second-order valence-corrected chi connectivity index (χ2v) is 4.40. The Morgan fingerprint density at radius 2 is 2.07 bits per heavy atom. The highest BCUT2D eigenvalue weighted by Crippen LogP contribution is 2.29. The first kappa shape index (κ1) is 10.0. The molecule has 2 aromatic rings. The third kappa shape index (κ3) is 1.95. The smallest absolute Gasteiger partial charge is 0.139 e. The third-order valence-corrected chi connectivity index (χ3v) is 2.81. The van der Waals surface area contributed by atoms with Gasteiger partial charge in [0.2, 0.25) is 0 Å². The van der Waals surface area contributed by atoms with Gasteiger partial charge < -0.3 is 4.98 Å². The van der Waals surface area contributed by atoms with Crippen LogP contribution in [0.15, 0.2) is 28.9 Å². The standard InChI is InChI=1S/C9H5BrCl2N2/c10-7-3-5(11)1-2-6(7)9-13-4-8(12)14-9/h1-4H,(H,13,14). The highest BCUT2D eigenvalue weighted by atomic mass is 79.9. The van der Waals surface area contributed by atoms with Crippen molar-refractivity contribution in [1.29, 1.82) is 0 Å². The molecule has 1 N–H and O–H groups in total. The molecule has 2 rings (SSSR count). The number of nitrogens with one attached hydrogen (secondary N) is 1. The van der Waals surface area contributed by atoms with Crippen molar-refractivity contribution in [2.45, 2.75) is 0 Å². The Labute approximate surface area is 99.4 Å². The van der Waals surface area contributed by atoms with Crippen LogP contribution in [-0.4, -0.2) is 9.97 Å². The highest BCUT2D eigenvalue weighted by molar-refractivity contribution is 9.10. The molecule has 0 bridgehead atoms. The van der Waals surface area contributed by atoms with Crippen molar-refractivity contribution < 1.29 is 0 Å². The normalized spacial score (nSPS) is 10.5. The van der Waals surface area contributed by atoms with Crippen molar-refractivity contribution in [3.8, 4) is 11.4 Å². The molecular formula is C9H5BrCl2N2. The molecule has 1 heterocycles. The van der Waals surface area contributed by atoms with Crippen LogP contribution in [0, 0.1) is 0 Å². The van der Waals surface area contributed by atoms with Crippen molar-refractivity contribution in [3.05, 3.63) is 39.0 Å². The van der Waals surface area contributed by atoms with Gasteiger partial charge in [0.15, 0.2) is 0 Å². The number of benzene rings is 1. The fraction of sp³-hybridized carbons (Fsp3) is 0. The zero-order chi connectivity index (χ0) is 10.1. The van der Waals surface area contributed by atoms with Crippen LogP contribution in [-0.2, 0) is 0 Å². The summed E-state index contributed by atoms with van der Waals surface area (Å²) in [5.41, 5.74) is 0.932. The van der Waals surface area contributed by atoms with Crippen LogP contribution in [0.1, 0.15) is 0 Å². The van der Waals surface area contributed by atoms with E-state index in [1.54, 1.807) is 12.3 Å². The van der Waals surface area contributed by atoms with E-state index in [-0.39, 0.29) is 0 Å². The number of aromatic nitrogens is 2. The molecular weight excluding hydrogens is 287 g/mol. The maximum absolute atomic E-state index is 5.82. The Kier molecular flexibility index (Phi) is 2.81. The van der Waals surface area contributed by atoms with E-state index < -0.39 is 0 Å². The quantitative estimate of drug-likeness (QED) is 0.840. The Balaban J connectivity index is 2.52. The molecule has 0 amide bonds. The Morgan fingerprint density at radius 1 is 1.29 bits per heavy atom. The summed E-state index contributed by atoms with van der Waals surface area (Å²) in [6.07, 6.45) is 1.57. The van der Waals surface area contributed by atoms with Crippen molar-refractivity contribution in [2.24, 2.45) is 0 Å². The number of hydrogen-bond acceptors (Lipinski definition) is 1. The minimum atomic E-state index is 0.516. The molecule has 0 aliphatic heterocycles. The van der Waals surface area contributed by atoms with Crippen LogP contribution < -0.4 is 0 Å². The van der Waals surface area contributed by atoms with Gasteiger partial charge in [-0.15, -0.1) is 0 Å². The molecule has 0 atom stereocenters. The second-order valence-electron chi connectivity index (χ2n) is 2.70. The molecule has 0 radical (unpaired) electrons. The predicted octanol–water partition coefficient (Wildman–Crippen LogP) is 4.15. The minimum Gasteiger partial charge on any atom is -0.329 e. The average molecular weight is 292 g/mol. The monoisotopic (exact) mass is 290 g/mol. The molecule has 0 saturated heterocycles. The lowest BCUT2D eigenvalue weighted by Crippen LogP contribution is -1.81. The SMILES string of the molecule is Clc1ccc(-c2ncc(Cl)[nH]2)c(Br)c1. The molecule has 2 nitrogen and oxygen atoms in total. The Bertz CT molecular complexity index is 468. The number of hydrogen-bond donors (Lipinski definition) is 1. The number of imidazole rings is 1. The zero-order valence-corrected chi connectivity index (χ0v) is 9.99. The van der Waals surface area contributed by atoms with E-state index in [2.05, 4.69) is 25.9 Å². The topological polar surface area (TPSA) is 28.7 Å². The average Bonchev–Trinajstić information content (AvgIpc) is 2.51. The lowest BCUT2D eigenvalue weighted by molar-refractivity contribution is 1.30. The lowest BCUT2D eigenvalue weighted by Gasteiger charge is -2.00. The van der Waals surface area contributed by atoms with Crippen LogP contribution in [0.2, 0.25) is 10.2 Å². The van der Waals surface area contributed by atoms with E-state index >= 15 is 0 Å². The van der Waals surface area contributed by atoms with Gasteiger partial charge in [-0.2, -0.15) is 0 Å². The Hall–Kier alpha value is -0.510. The molecule has 0 saturated carbocycles. The summed E-state index contributed by atoms with van der Waals surface area (Å²) in [4.78, 5) is 7.05. The molecule has 72 valence electrons. The van der Waals surface area contributed by atoms with Crippen LogP contribution >= 0.6 is 39.1 Å². The number of H-pyrrole nitrogens is 1. The number of rotatable bonds is 1. The van der Waals surface area contributed by atoms with Crippen LogP contribution in [0.4, 0.5) is 0 Å².